The third kappa shape index (κ3) is 6.14. The Balaban J connectivity index is 2.87. The fourth-order valence-electron chi connectivity index (χ4n) is 2.18. The predicted octanol–water partition coefficient (Wildman–Crippen LogP) is 3.99. The lowest BCUT2D eigenvalue weighted by Gasteiger charge is -2.06. The molecule has 1 aromatic rings. The molecule has 0 saturated heterocycles. The SMILES string of the molecule is COC(=O)c1[nH]cc(CC=C(C)CCC=C(C)C)c1NC(C)=O. The van der Waals surface area contributed by atoms with Gasteiger partial charge < -0.3 is 15.0 Å². The van der Waals surface area contributed by atoms with Gasteiger partial charge in [0.15, 0.2) is 0 Å². The van der Waals surface area contributed by atoms with Gasteiger partial charge in [0.1, 0.15) is 5.69 Å². The van der Waals surface area contributed by atoms with Gasteiger partial charge in [-0.05, 0) is 45.6 Å². The number of ether oxygens (including phenoxy) is 1. The van der Waals surface area contributed by atoms with E-state index in [4.69, 9.17) is 4.74 Å². The molecule has 5 heteroatoms. The number of methoxy groups -OCH3 is 1. The van der Waals surface area contributed by atoms with E-state index in [1.165, 1.54) is 25.2 Å². The Bertz CT molecular complexity index is 620. The van der Waals surface area contributed by atoms with Crippen LogP contribution in [0.25, 0.3) is 0 Å². The Labute approximate surface area is 137 Å². The summed E-state index contributed by atoms with van der Waals surface area (Å²) >= 11 is 0. The number of anilines is 1. The van der Waals surface area contributed by atoms with Crippen molar-refractivity contribution in [1.29, 1.82) is 0 Å². The first-order valence-corrected chi connectivity index (χ1v) is 7.70. The van der Waals surface area contributed by atoms with Gasteiger partial charge in [0.25, 0.3) is 0 Å². The fraction of sp³-hybridized carbons (Fsp3) is 0.444. The Kier molecular flexibility index (Phi) is 7.32. The normalized spacial score (nSPS) is 11.1. The fourth-order valence-corrected chi connectivity index (χ4v) is 2.18. The summed E-state index contributed by atoms with van der Waals surface area (Å²) in [6.45, 7) is 7.68. The Morgan fingerprint density at radius 3 is 2.48 bits per heavy atom. The predicted molar refractivity (Wildman–Crippen MR) is 92.6 cm³/mol. The average molecular weight is 318 g/mol. The van der Waals surface area contributed by atoms with Crippen LogP contribution in [-0.4, -0.2) is 24.0 Å². The summed E-state index contributed by atoms with van der Waals surface area (Å²) in [5, 5.41) is 2.71. The molecule has 126 valence electrons. The number of carbonyl (C=O) groups is 2. The Morgan fingerprint density at radius 1 is 1.22 bits per heavy atom. The molecule has 0 atom stereocenters. The first-order chi connectivity index (χ1) is 10.8. The number of aromatic nitrogens is 1. The number of rotatable bonds is 7. The van der Waals surface area contributed by atoms with Crippen molar-refractivity contribution < 1.29 is 14.3 Å². The summed E-state index contributed by atoms with van der Waals surface area (Å²) in [6.07, 6.45) is 8.72. The minimum atomic E-state index is -0.496. The highest BCUT2D eigenvalue weighted by Crippen LogP contribution is 2.23. The van der Waals surface area contributed by atoms with Gasteiger partial charge in [-0.25, -0.2) is 4.79 Å². The van der Waals surface area contributed by atoms with Crippen molar-refractivity contribution in [2.75, 3.05) is 12.4 Å². The quantitative estimate of drug-likeness (QED) is 0.590. The standard InChI is InChI=1S/C18H26N2O3/c1-12(2)7-6-8-13(3)9-10-15-11-19-17(18(22)23-5)16(15)20-14(4)21/h7,9,11,19H,6,8,10H2,1-5H3,(H,20,21). The van der Waals surface area contributed by atoms with Gasteiger partial charge in [-0.15, -0.1) is 0 Å². The van der Waals surface area contributed by atoms with E-state index in [0.29, 0.717) is 12.1 Å². The molecule has 0 saturated carbocycles. The first kappa shape index (κ1) is 18.7. The molecule has 5 nitrogen and oxygen atoms in total. The maximum absolute atomic E-state index is 11.7. The molecule has 0 bridgehead atoms. The second-order valence-electron chi connectivity index (χ2n) is 5.81. The van der Waals surface area contributed by atoms with Gasteiger partial charge in [-0.2, -0.15) is 0 Å². The molecule has 0 spiro atoms. The molecular weight excluding hydrogens is 292 g/mol. The third-order valence-corrected chi connectivity index (χ3v) is 3.41. The average Bonchev–Trinajstić information content (AvgIpc) is 2.86. The maximum Gasteiger partial charge on any atom is 0.356 e. The van der Waals surface area contributed by atoms with Crippen LogP contribution in [0.15, 0.2) is 29.5 Å². The third-order valence-electron chi connectivity index (χ3n) is 3.41. The number of hydrogen-bond acceptors (Lipinski definition) is 3. The molecule has 1 heterocycles. The molecule has 0 fully saturated rings. The molecule has 0 radical (unpaired) electrons. The summed E-state index contributed by atoms with van der Waals surface area (Å²) in [6, 6.07) is 0. The van der Waals surface area contributed by atoms with E-state index in [2.05, 4.69) is 43.2 Å². The van der Waals surface area contributed by atoms with E-state index in [9.17, 15) is 9.59 Å². The van der Waals surface area contributed by atoms with Gasteiger partial charge in [-0.1, -0.05) is 23.3 Å². The van der Waals surface area contributed by atoms with E-state index >= 15 is 0 Å². The topological polar surface area (TPSA) is 71.2 Å². The zero-order chi connectivity index (χ0) is 17.4. The summed E-state index contributed by atoms with van der Waals surface area (Å²) < 4.78 is 4.73. The number of allylic oxidation sites excluding steroid dienone is 4. The van der Waals surface area contributed by atoms with Crippen molar-refractivity contribution in [3.8, 4) is 0 Å². The second kappa shape index (κ2) is 8.98. The molecule has 0 unspecified atom stereocenters. The van der Waals surface area contributed by atoms with Gasteiger partial charge in [-0.3, -0.25) is 4.79 Å². The van der Waals surface area contributed by atoms with E-state index < -0.39 is 5.97 Å². The number of amides is 1. The molecule has 0 aromatic carbocycles. The number of H-pyrrole nitrogens is 1. The van der Waals surface area contributed by atoms with Crippen molar-refractivity contribution in [3.05, 3.63) is 40.8 Å². The lowest BCUT2D eigenvalue weighted by molar-refractivity contribution is -0.114. The van der Waals surface area contributed by atoms with Crippen LogP contribution in [0, 0.1) is 0 Å². The van der Waals surface area contributed by atoms with E-state index in [-0.39, 0.29) is 11.6 Å². The van der Waals surface area contributed by atoms with Gasteiger partial charge >= 0.3 is 5.97 Å². The van der Waals surface area contributed by atoms with Crippen molar-refractivity contribution in [2.24, 2.45) is 0 Å². The molecule has 1 aromatic heterocycles. The van der Waals surface area contributed by atoms with Crippen LogP contribution >= 0.6 is 0 Å². The van der Waals surface area contributed by atoms with E-state index in [0.717, 1.165) is 18.4 Å². The van der Waals surface area contributed by atoms with Crippen LogP contribution in [0.5, 0.6) is 0 Å². The van der Waals surface area contributed by atoms with Gasteiger partial charge in [0, 0.05) is 13.1 Å². The van der Waals surface area contributed by atoms with Crippen molar-refractivity contribution in [2.45, 2.75) is 47.0 Å². The van der Waals surface area contributed by atoms with Crippen LogP contribution in [-0.2, 0) is 16.0 Å². The monoisotopic (exact) mass is 318 g/mol. The second-order valence-corrected chi connectivity index (χ2v) is 5.81. The van der Waals surface area contributed by atoms with Gasteiger partial charge in [0.2, 0.25) is 5.91 Å². The van der Waals surface area contributed by atoms with Crippen LogP contribution in [0.3, 0.4) is 0 Å². The number of hydrogen-bond donors (Lipinski definition) is 2. The number of nitrogens with one attached hydrogen (secondary N) is 2. The highest BCUT2D eigenvalue weighted by atomic mass is 16.5. The van der Waals surface area contributed by atoms with Crippen molar-refractivity contribution >= 4 is 17.6 Å². The molecule has 0 aliphatic heterocycles. The zero-order valence-electron chi connectivity index (χ0n) is 14.6. The van der Waals surface area contributed by atoms with Crippen LogP contribution in [0.1, 0.15) is 56.6 Å². The first-order valence-electron chi connectivity index (χ1n) is 7.70. The lowest BCUT2D eigenvalue weighted by atomic mass is 10.1. The molecule has 1 rings (SSSR count). The highest BCUT2D eigenvalue weighted by molar-refractivity contribution is 6.00. The van der Waals surface area contributed by atoms with Crippen molar-refractivity contribution in [1.82, 2.24) is 4.98 Å². The smallest absolute Gasteiger partial charge is 0.356 e. The Morgan fingerprint density at radius 2 is 1.91 bits per heavy atom. The van der Waals surface area contributed by atoms with E-state index in [1.807, 2.05) is 0 Å². The molecule has 1 amide bonds. The van der Waals surface area contributed by atoms with Gasteiger partial charge in [0.05, 0.1) is 12.8 Å². The molecule has 0 aliphatic rings. The maximum atomic E-state index is 11.7. The van der Waals surface area contributed by atoms with Crippen molar-refractivity contribution in [3.63, 3.8) is 0 Å². The molecular formula is C18H26N2O3. The number of esters is 1. The Hall–Kier alpha value is -2.30. The zero-order valence-corrected chi connectivity index (χ0v) is 14.6. The molecule has 0 aliphatic carbocycles. The van der Waals surface area contributed by atoms with Crippen LogP contribution in [0.4, 0.5) is 5.69 Å². The summed E-state index contributed by atoms with van der Waals surface area (Å²) in [5.41, 5.74) is 4.23. The summed E-state index contributed by atoms with van der Waals surface area (Å²) in [4.78, 5) is 26.0. The van der Waals surface area contributed by atoms with E-state index in [1.54, 1.807) is 6.20 Å². The molecule has 23 heavy (non-hydrogen) atoms. The number of carbonyl (C=O) groups excluding carboxylic acids is 2. The highest BCUT2D eigenvalue weighted by Gasteiger charge is 2.18. The van der Waals surface area contributed by atoms with Crippen LogP contribution in [0.2, 0.25) is 0 Å². The minimum Gasteiger partial charge on any atom is -0.464 e. The van der Waals surface area contributed by atoms with Crippen LogP contribution < -0.4 is 5.32 Å². The molecule has 2 N–H and O–H groups in total. The summed E-state index contributed by atoms with van der Waals surface area (Å²) in [5.74, 6) is -0.718. The largest absolute Gasteiger partial charge is 0.464 e. The number of aromatic amines is 1. The lowest BCUT2D eigenvalue weighted by Crippen LogP contribution is -2.12. The minimum absolute atomic E-state index is 0.222. The summed E-state index contributed by atoms with van der Waals surface area (Å²) in [7, 11) is 1.31.